The lowest BCUT2D eigenvalue weighted by atomic mass is 10.2. The molecule has 0 fully saturated rings. The van der Waals surface area contributed by atoms with Gasteiger partial charge in [0, 0.05) is 31.2 Å². The number of aryl methyl sites for hydroxylation is 1. The van der Waals surface area contributed by atoms with Crippen LogP contribution in [0.25, 0.3) is 10.9 Å². The van der Waals surface area contributed by atoms with E-state index < -0.39 is 0 Å². The summed E-state index contributed by atoms with van der Waals surface area (Å²) in [6.45, 7) is 0. The van der Waals surface area contributed by atoms with Gasteiger partial charge in [-0.15, -0.1) is 0 Å². The van der Waals surface area contributed by atoms with Crippen LogP contribution in [-0.4, -0.2) is 27.8 Å². The Labute approximate surface area is 122 Å². The molecule has 0 radical (unpaired) electrons. The van der Waals surface area contributed by atoms with E-state index in [1.807, 2.05) is 31.3 Å². The van der Waals surface area contributed by atoms with Crippen molar-refractivity contribution in [2.45, 2.75) is 0 Å². The molecule has 5 nitrogen and oxygen atoms in total. The molecule has 0 saturated heterocycles. The Balaban J connectivity index is 2.04. The molecule has 1 aromatic heterocycles. The molecule has 5 heteroatoms. The van der Waals surface area contributed by atoms with E-state index in [9.17, 15) is 9.90 Å². The quantitative estimate of drug-likeness (QED) is 0.785. The van der Waals surface area contributed by atoms with Crippen molar-refractivity contribution < 1.29 is 9.90 Å². The van der Waals surface area contributed by atoms with E-state index in [0.717, 1.165) is 10.9 Å². The molecular formula is C16H15N3O2. The number of carbonyl (C=O) groups is 1. The molecule has 0 bridgehead atoms. The van der Waals surface area contributed by atoms with Gasteiger partial charge in [-0.25, -0.2) is 0 Å². The third-order valence-electron chi connectivity index (χ3n) is 3.48. The van der Waals surface area contributed by atoms with E-state index in [0.29, 0.717) is 11.4 Å². The highest BCUT2D eigenvalue weighted by atomic mass is 16.3. The molecule has 0 saturated carbocycles. The summed E-state index contributed by atoms with van der Waals surface area (Å²) in [5.74, 6) is -0.0876. The zero-order valence-electron chi connectivity index (χ0n) is 11.8. The number of phenolic OH excluding ortho intramolecular Hbond substituents is 1. The molecule has 0 aliphatic rings. The second-order valence-electron chi connectivity index (χ2n) is 4.87. The standard InChI is InChI=1S/C16H15N3O2/c1-18(11-6-5-7-12(20)10-11)16(21)15-13-8-3-4-9-14(13)19(2)17-15/h3-10,20H,1-2H3. The molecule has 21 heavy (non-hydrogen) atoms. The zero-order valence-corrected chi connectivity index (χ0v) is 11.8. The van der Waals surface area contributed by atoms with Crippen molar-refractivity contribution >= 4 is 22.5 Å². The topological polar surface area (TPSA) is 58.4 Å². The SMILES string of the molecule is CN(C(=O)c1nn(C)c2ccccc12)c1cccc(O)c1. The summed E-state index contributed by atoms with van der Waals surface area (Å²) in [6, 6.07) is 14.2. The van der Waals surface area contributed by atoms with Crippen molar-refractivity contribution in [3.63, 3.8) is 0 Å². The number of fused-ring (bicyclic) bond motifs is 1. The second-order valence-corrected chi connectivity index (χ2v) is 4.87. The Morgan fingerprint density at radius 3 is 2.71 bits per heavy atom. The fourth-order valence-electron chi connectivity index (χ4n) is 2.35. The number of aromatic nitrogens is 2. The highest BCUT2D eigenvalue weighted by Crippen LogP contribution is 2.23. The van der Waals surface area contributed by atoms with Crippen LogP contribution in [0.15, 0.2) is 48.5 Å². The maximum Gasteiger partial charge on any atom is 0.279 e. The molecule has 1 N–H and O–H groups in total. The van der Waals surface area contributed by atoms with Gasteiger partial charge >= 0.3 is 0 Å². The van der Waals surface area contributed by atoms with Gasteiger partial charge in [0.2, 0.25) is 0 Å². The number of phenols is 1. The third-order valence-corrected chi connectivity index (χ3v) is 3.48. The summed E-state index contributed by atoms with van der Waals surface area (Å²) < 4.78 is 1.69. The van der Waals surface area contributed by atoms with Crippen LogP contribution in [0.1, 0.15) is 10.5 Å². The number of hydrogen-bond donors (Lipinski definition) is 1. The van der Waals surface area contributed by atoms with Crippen LogP contribution in [0.2, 0.25) is 0 Å². The van der Waals surface area contributed by atoms with E-state index in [4.69, 9.17) is 0 Å². The Bertz CT molecular complexity index is 823. The summed E-state index contributed by atoms with van der Waals surface area (Å²) >= 11 is 0. The molecule has 0 aliphatic carbocycles. The van der Waals surface area contributed by atoms with Crippen molar-refractivity contribution in [1.29, 1.82) is 0 Å². The number of hydrogen-bond acceptors (Lipinski definition) is 3. The molecule has 1 amide bonds. The van der Waals surface area contributed by atoms with Gasteiger partial charge in [-0.2, -0.15) is 5.10 Å². The molecule has 0 spiro atoms. The fraction of sp³-hybridized carbons (Fsp3) is 0.125. The lowest BCUT2D eigenvalue weighted by molar-refractivity contribution is 0.0989. The number of benzene rings is 2. The van der Waals surface area contributed by atoms with E-state index in [1.165, 1.54) is 4.90 Å². The number of nitrogens with zero attached hydrogens (tertiary/aromatic N) is 3. The van der Waals surface area contributed by atoms with Gasteiger partial charge in [-0.3, -0.25) is 9.48 Å². The molecule has 0 aliphatic heterocycles. The molecule has 0 unspecified atom stereocenters. The first-order chi connectivity index (χ1) is 10.1. The summed E-state index contributed by atoms with van der Waals surface area (Å²) in [5.41, 5.74) is 1.93. The van der Waals surface area contributed by atoms with E-state index in [2.05, 4.69) is 5.10 Å². The number of amides is 1. The third kappa shape index (κ3) is 2.23. The Hall–Kier alpha value is -2.82. The van der Waals surface area contributed by atoms with E-state index >= 15 is 0 Å². The summed E-state index contributed by atoms with van der Waals surface area (Å²) in [6.07, 6.45) is 0. The molecule has 106 valence electrons. The van der Waals surface area contributed by atoms with Gasteiger partial charge in [0.1, 0.15) is 5.75 Å². The van der Waals surface area contributed by atoms with Gasteiger partial charge in [-0.1, -0.05) is 24.3 Å². The van der Waals surface area contributed by atoms with Gasteiger partial charge in [0.15, 0.2) is 5.69 Å². The Morgan fingerprint density at radius 1 is 1.19 bits per heavy atom. The lowest BCUT2D eigenvalue weighted by Crippen LogP contribution is -2.26. The first kappa shape index (κ1) is 13.2. The average molecular weight is 281 g/mol. The molecular weight excluding hydrogens is 266 g/mol. The van der Waals surface area contributed by atoms with Crippen LogP contribution in [-0.2, 0) is 7.05 Å². The van der Waals surface area contributed by atoms with Crippen LogP contribution < -0.4 is 4.90 Å². The maximum absolute atomic E-state index is 12.7. The van der Waals surface area contributed by atoms with E-state index in [1.54, 1.807) is 36.0 Å². The van der Waals surface area contributed by atoms with Crippen molar-refractivity contribution in [2.75, 3.05) is 11.9 Å². The number of carbonyl (C=O) groups excluding carboxylic acids is 1. The second kappa shape index (κ2) is 4.94. The summed E-state index contributed by atoms with van der Waals surface area (Å²) in [7, 11) is 3.48. The number of para-hydroxylation sites is 1. The number of anilines is 1. The van der Waals surface area contributed by atoms with Gasteiger partial charge < -0.3 is 10.0 Å². The summed E-state index contributed by atoms with van der Waals surface area (Å²) in [4.78, 5) is 14.1. The van der Waals surface area contributed by atoms with Crippen molar-refractivity contribution in [3.05, 3.63) is 54.2 Å². The highest BCUT2D eigenvalue weighted by molar-refractivity contribution is 6.12. The highest BCUT2D eigenvalue weighted by Gasteiger charge is 2.20. The van der Waals surface area contributed by atoms with Crippen LogP contribution in [0.3, 0.4) is 0 Å². The minimum Gasteiger partial charge on any atom is -0.508 e. The number of rotatable bonds is 2. The monoisotopic (exact) mass is 281 g/mol. The van der Waals surface area contributed by atoms with Crippen LogP contribution in [0, 0.1) is 0 Å². The average Bonchev–Trinajstić information content (AvgIpc) is 2.83. The Morgan fingerprint density at radius 2 is 1.95 bits per heavy atom. The van der Waals surface area contributed by atoms with Crippen molar-refractivity contribution in [2.24, 2.45) is 7.05 Å². The Kier molecular flexibility index (Phi) is 3.10. The summed E-state index contributed by atoms with van der Waals surface area (Å²) in [5, 5.41) is 14.7. The fourth-order valence-corrected chi connectivity index (χ4v) is 2.35. The smallest absolute Gasteiger partial charge is 0.279 e. The minimum absolute atomic E-state index is 0.123. The predicted octanol–water partition coefficient (Wildman–Crippen LogP) is 2.56. The largest absolute Gasteiger partial charge is 0.508 e. The molecule has 3 aromatic rings. The first-order valence-electron chi connectivity index (χ1n) is 6.57. The molecule has 2 aromatic carbocycles. The van der Waals surface area contributed by atoms with Crippen LogP contribution in [0.5, 0.6) is 5.75 Å². The normalized spacial score (nSPS) is 10.8. The lowest BCUT2D eigenvalue weighted by Gasteiger charge is -2.16. The number of aromatic hydroxyl groups is 1. The minimum atomic E-state index is -0.211. The van der Waals surface area contributed by atoms with Crippen LogP contribution in [0.4, 0.5) is 5.69 Å². The predicted molar refractivity (Wildman–Crippen MR) is 81.6 cm³/mol. The van der Waals surface area contributed by atoms with E-state index in [-0.39, 0.29) is 11.7 Å². The maximum atomic E-state index is 12.7. The van der Waals surface area contributed by atoms with Crippen molar-refractivity contribution in [1.82, 2.24) is 9.78 Å². The molecule has 1 heterocycles. The van der Waals surface area contributed by atoms with Crippen molar-refractivity contribution in [3.8, 4) is 5.75 Å². The van der Waals surface area contributed by atoms with Gasteiger partial charge in [0.05, 0.1) is 5.52 Å². The molecule has 0 atom stereocenters. The van der Waals surface area contributed by atoms with Gasteiger partial charge in [0.25, 0.3) is 5.91 Å². The first-order valence-corrected chi connectivity index (χ1v) is 6.57. The zero-order chi connectivity index (χ0) is 15.0. The van der Waals surface area contributed by atoms with Crippen LogP contribution >= 0.6 is 0 Å². The van der Waals surface area contributed by atoms with Gasteiger partial charge in [-0.05, 0) is 18.2 Å². The molecule has 3 rings (SSSR count).